The summed E-state index contributed by atoms with van der Waals surface area (Å²) in [5.41, 5.74) is 4.68. The number of ether oxygens (including phenoxy) is 2. The molecule has 9 heavy (non-hydrogen) atoms. The summed E-state index contributed by atoms with van der Waals surface area (Å²) in [7, 11) is 1.54. The molecule has 0 aromatic carbocycles. The first kappa shape index (κ1) is 8.23. The van der Waals surface area contributed by atoms with Gasteiger partial charge < -0.3 is 15.2 Å². The maximum atomic E-state index is 9.96. The fraction of sp³-hybridized carbons (Fsp3) is 0.800. The number of rotatable bonds is 3. The van der Waals surface area contributed by atoms with Crippen LogP contribution in [0.2, 0.25) is 0 Å². The lowest BCUT2D eigenvalue weighted by atomic mass is 10.4. The van der Waals surface area contributed by atoms with E-state index in [9.17, 15) is 4.79 Å². The van der Waals surface area contributed by atoms with Crippen molar-refractivity contribution in [2.24, 2.45) is 5.73 Å². The minimum atomic E-state index is -0.765. The standard InChI is InChI=1S/C5H11NO3/c1-4(8-2)3-9-5(6)7/h4H,3H2,1-2H3,(H2,6,7). The van der Waals surface area contributed by atoms with E-state index in [0.717, 1.165) is 0 Å². The Morgan fingerprint density at radius 3 is 2.67 bits per heavy atom. The maximum absolute atomic E-state index is 9.96. The highest BCUT2D eigenvalue weighted by Gasteiger charge is 2.00. The molecule has 0 aliphatic carbocycles. The van der Waals surface area contributed by atoms with Gasteiger partial charge in [-0.05, 0) is 6.92 Å². The molecule has 0 aliphatic heterocycles. The number of methoxy groups -OCH3 is 1. The van der Waals surface area contributed by atoms with Gasteiger partial charge in [0.15, 0.2) is 0 Å². The molecule has 0 saturated carbocycles. The van der Waals surface area contributed by atoms with Gasteiger partial charge in [0.25, 0.3) is 0 Å². The molecule has 1 atom stereocenters. The van der Waals surface area contributed by atoms with E-state index in [0.29, 0.717) is 0 Å². The maximum Gasteiger partial charge on any atom is 0.404 e. The van der Waals surface area contributed by atoms with E-state index in [1.54, 1.807) is 6.92 Å². The third kappa shape index (κ3) is 5.10. The van der Waals surface area contributed by atoms with Crippen molar-refractivity contribution in [1.29, 1.82) is 0 Å². The number of hydrogen-bond donors (Lipinski definition) is 1. The average Bonchev–Trinajstić information content (AvgIpc) is 1.83. The van der Waals surface area contributed by atoms with Gasteiger partial charge in [-0.25, -0.2) is 4.79 Å². The molecule has 0 bridgehead atoms. The summed E-state index contributed by atoms with van der Waals surface area (Å²) in [4.78, 5) is 9.96. The van der Waals surface area contributed by atoms with Crippen molar-refractivity contribution >= 4 is 6.09 Å². The smallest absolute Gasteiger partial charge is 0.404 e. The molecule has 0 radical (unpaired) electrons. The lowest BCUT2D eigenvalue weighted by molar-refractivity contribution is 0.0493. The number of carbonyl (C=O) groups is 1. The van der Waals surface area contributed by atoms with Crippen molar-refractivity contribution in [3.05, 3.63) is 0 Å². The highest BCUT2D eigenvalue weighted by atomic mass is 16.6. The Morgan fingerprint density at radius 1 is 1.78 bits per heavy atom. The fourth-order valence-corrected chi connectivity index (χ4v) is 0.268. The van der Waals surface area contributed by atoms with Crippen LogP contribution in [-0.4, -0.2) is 25.9 Å². The summed E-state index contributed by atoms with van der Waals surface area (Å²) in [6, 6.07) is 0. The summed E-state index contributed by atoms with van der Waals surface area (Å²) >= 11 is 0. The second-order valence-corrected chi connectivity index (χ2v) is 1.68. The second kappa shape index (κ2) is 4.14. The third-order valence-electron chi connectivity index (χ3n) is 0.863. The molecule has 54 valence electrons. The van der Waals surface area contributed by atoms with Crippen molar-refractivity contribution in [2.75, 3.05) is 13.7 Å². The van der Waals surface area contributed by atoms with Crippen LogP contribution in [0.1, 0.15) is 6.92 Å². The first-order valence-corrected chi connectivity index (χ1v) is 2.62. The van der Waals surface area contributed by atoms with E-state index in [4.69, 9.17) is 4.74 Å². The van der Waals surface area contributed by atoms with Gasteiger partial charge in [-0.15, -0.1) is 0 Å². The summed E-state index contributed by atoms with van der Waals surface area (Å²) < 4.78 is 9.18. The number of amides is 1. The Balaban J connectivity index is 3.16. The Kier molecular flexibility index (Phi) is 3.79. The summed E-state index contributed by atoms with van der Waals surface area (Å²) in [5.74, 6) is 0. The van der Waals surface area contributed by atoms with Crippen LogP contribution in [0.3, 0.4) is 0 Å². The molecule has 0 aliphatic rings. The highest BCUT2D eigenvalue weighted by Crippen LogP contribution is 1.87. The zero-order valence-corrected chi connectivity index (χ0v) is 5.59. The van der Waals surface area contributed by atoms with Gasteiger partial charge >= 0.3 is 6.09 Å². The van der Waals surface area contributed by atoms with Gasteiger partial charge in [0.05, 0.1) is 6.10 Å². The first-order chi connectivity index (χ1) is 4.16. The van der Waals surface area contributed by atoms with Crippen LogP contribution in [0, 0.1) is 0 Å². The van der Waals surface area contributed by atoms with E-state index < -0.39 is 6.09 Å². The normalized spacial score (nSPS) is 12.7. The first-order valence-electron chi connectivity index (χ1n) is 2.62. The Labute approximate surface area is 53.9 Å². The lowest BCUT2D eigenvalue weighted by Gasteiger charge is -2.07. The van der Waals surface area contributed by atoms with Crippen LogP contribution in [-0.2, 0) is 9.47 Å². The van der Waals surface area contributed by atoms with E-state index in [1.165, 1.54) is 7.11 Å². The third-order valence-corrected chi connectivity index (χ3v) is 0.863. The summed E-state index contributed by atoms with van der Waals surface area (Å²) in [6.45, 7) is 1.99. The van der Waals surface area contributed by atoms with Crippen molar-refractivity contribution in [3.8, 4) is 0 Å². The van der Waals surface area contributed by atoms with E-state index in [1.807, 2.05) is 0 Å². The predicted molar refractivity (Wildman–Crippen MR) is 32.0 cm³/mol. The van der Waals surface area contributed by atoms with Crippen molar-refractivity contribution in [2.45, 2.75) is 13.0 Å². The quantitative estimate of drug-likeness (QED) is 0.594. The fourth-order valence-electron chi connectivity index (χ4n) is 0.268. The van der Waals surface area contributed by atoms with Crippen molar-refractivity contribution < 1.29 is 14.3 Å². The SMILES string of the molecule is COC(C)COC(N)=O. The monoisotopic (exact) mass is 133 g/mol. The van der Waals surface area contributed by atoms with Crippen LogP contribution >= 0.6 is 0 Å². The molecule has 1 amide bonds. The van der Waals surface area contributed by atoms with Gasteiger partial charge in [-0.2, -0.15) is 0 Å². The molecule has 0 aromatic heterocycles. The van der Waals surface area contributed by atoms with Crippen LogP contribution < -0.4 is 5.73 Å². The topological polar surface area (TPSA) is 61.6 Å². The summed E-state index contributed by atoms with van der Waals surface area (Å²) in [6.07, 6.45) is -0.851. The number of nitrogens with two attached hydrogens (primary N) is 1. The number of hydrogen-bond acceptors (Lipinski definition) is 3. The van der Waals surface area contributed by atoms with E-state index in [-0.39, 0.29) is 12.7 Å². The van der Waals surface area contributed by atoms with Crippen LogP contribution in [0.15, 0.2) is 0 Å². The van der Waals surface area contributed by atoms with E-state index >= 15 is 0 Å². The largest absolute Gasteiger partial charge is 0.447 e. The lowest BCUT2D eigenvalue weighted by Crippen LogP contribution is -2.21. The Bertz CT molecular complexity index is 94.2. The molecule has 4 nitrogen and oxygen atoms in total. The summed E-state index contributed by atoms with van der Waals surface area (Å²) in [5, 5.41) is 0. The van der Waals surface area contributed by atoms with Crippen molar-refractivity contribution in [1.82, 2.24) is 0 Å². The molecule has 0 rings (SSSR count). The van der Waals surface area contributed by atoms with Crippen LogP contribution in [0.4, 0.5) is 4.79 Å². The van der Waals surface area contributed by atoms with Gasteiger partial charge in [0, 0.05) is 7.11 Å². The Morgan fingerprint density at radius 2 is 2.33 bits per heavy atom. The minimum absolute atomic E-state index is 0.0856. The van der Waals surface area contributed by atoms with Gasteiger partial charge in [0.1, 0.15) is 6.61 Å². The molecule has 0 spiro atoms. The molecule has 4 heteroatoms. The number of carbonyl (C=O) groups excluding carboxylic acids is 1. The molecule has 2 N–H and O–H groups in total. The second-order valence-electron chi connectivity index (χ2n) is 1.68. The molecule has 0 heterocycles. The zero-order chi connectivity index (χ0) is 7.28. The average molecular weight is 133 g/mol. The van der Waals surface area contributed by atoms with Crippen LogP contribution in [0.25, 0.3) is 0 Å². The van der Waals surface area contributed by atoms with Gasteiger partial charge in [0.2, 0.25) is 0 Å². The molecular weight excluding hydrogens is 122 g/mol. The predicted octanol–water partition coefficient (Wildman–Crippen LogP) is 0.117. The van der Waals surface area contributed by atoms with E-state index in [2.05, 4.69) is 10.5 Å². The highest BCUT2D eigenvalue weighted by molar-refractivity contribution is 5.64. The van der Waals surface area contributed by atoms with Gasteiger partial charge in [-0.3, -0.25) is 0 Å². The molecular formula is C5H11NO3. The minimum Gasteiger partial charge on any atom is -0.447 e. The molecule has 0 aromatic rings. The number of primary amides is 1. The zero-order valence-electron chi connectivity index (χ0n) is 5.59. The Hall–Kier alpha value is -0.770. The molecule has 0 fully saturated rings. The van der Waals surface area contributed by atoms with Gasteiger partial charge in [-0.1, -0.05) is 0 Å². The van der Waals surface area contributed by atoms with Crippen molar-refractivity contribution in [3.63, 3.8) is 0 Å². The van der Waals surface area contributed by atoms with Crippen LogP contribution in [0.5, 0.6) is 0 Å². The molecule has 0 saturated heterocycles. The molecule has 1 unspecified atom stereocenters.